The van der Waals surface area contributed by atoms with Crippen LogP contribution in [0.3, 0.4) is 0 Å². The highest BCUT2D eigenvalue weighted by Crippen LogP contribution is 2.29. The Morgan fingerprint density at radius 2 is 1.75 bits per heavy atom. The molecule has 0 saturated carbocycles. The summed E-state index contributed by atoms with van der Waals surface area (Å²) in [5, 5.41) is 13.5. The number of rotatable bonds is 7. The Balaban J connectivity index is 2.40. The first kappa shape index (κ1) is 18.5. The number of aromatic hydroxyl groups is 1. The fraction of sp³-hybridized carbons (Fsp3) is 0.455. The summed E-state index contributed by atoms with van der Waals surface area (Å²) >= 11 is 0. The van der Waals surface area contributed by atoms with Crippen molar-refractivity contribution in [2.75, 3.05) is 7.05 Å². The van der Waals surface area contributed by atoms with Gasteiger partial charge in [-0.05, 0) is 73.5 Å². The zero-order chi connectivity index (χ0) is 17.7. The van der Waals surface area contributed by atoms with Gasteiger partial charge in [0.1, 0.15) is 5.75 Å². The van der Waals surface area contributed by atoms with Crippen molar-refractivity contribution in [1.82, 2.24) is 5.32 Å². The molecule has 2 heteroatoms. The largest absolute Gasteiger partial charge is 0.508 e. The minimum Gasteiger partial charge on any atom is -0.508 e. The van der Waals surface area contributed by atoms with Crippen LogP contribution in [-0.4, -0.2) is 12.2 Å². The number of benzene rings is 2. The Morgan fingerprint density at radius 1 is 1.00 bits per heavy atom. The number of phenols is 1. The second kappa shape index (κ2) is 8.34. The van der Waals surface area contributed by atoms with Crippen molar-refractivity contribution < 1.29 is 5.11 Å². The molecule has 2 nitrogen and oxygen atoms in total. The van der Waals surface area contributed by atoms with Crippen molar-refractivity contribution >= 4 is 0 Å². The highest BCUT2D eigenvalue weighted by molar-refractivity contribution is 5.45. The van der Waals surface area contributed by atoms with E-state index in [1.54, 1.807) is 0 Å². The molecule has 0 saturated heterocycles. The van der Waals surface area contributed by atoms with Crippen LogP contribution in [-0.2, 0) is 19.3 Å². The molecule has 130 valence electrons. The van der Waals surface area contributed by atoms with Crippen LogP contribution in [0.25, 0.3) is 0 Å². The molecule has 0 radical (unpaired) electrons. The Morgan fingerprint density at radius 3 is 2.33 bits per heavy atom. The van der Waals surface area contributed by atoms with Gasteiger partial charge in [0.15, 0.2) is 0 Å². The second-order valence-electron chi connectivity index (χ2n) is 6.58. The van der Waals surface area contributed by atoms with Crippen molar-refractivity contribution in [3.05, 3.63) is 63.7 Å². The van der Waals surface area contributed by atoms with E-state index in [1.165, 1.54) is 27.8 Å². The number of phenolic OH excluding ortho intramolecular Hbond substituents is 1. The SMILES string of the molecule is CCc1cc(C)c(Cc2ccc(O)c(C(CC)NC)c2)c(CC)c1. The fourth-order valence-electron chi connectivity index (χ4n) is 3.52. The van der Waals surface area contributed by atoms with E-state index in [-0.39, 0.29) is 6.04 Å². The minimum absolute atomic E-state index is 0.194. The minimum atomic E-state index is 0.194. The first-order chi connectivity index (χ1) is 11.5. The zero-order valence-corrected chi connectivity index (χ0v) is 15.7. The van der Waals surface area contributed by atoms with Gasteiger partial charge in [-0.15, -0.1) is 0 Å². The molecule has 0 fully saturated rings. The van der Waals surface area contributed by atoms with E-state index in [2.05, 4.69) is 51.2 Å². The summed E-state index contributed by atoms with van der Waals surface area (Å²) in [4.78, 5) is 0. The van der Waals surface area contributed by atoms with Gasteiger partial charge >= 0.3 is 0 Å². The molecule has 2 aromatic rings. The molecule has 0 spiro atoms. The maximum atomic E-state index is 10.2. The van der Waals surface area contributed by atoms with Gasteiger partial charge in [-0.3, -0.25) is 0 Å². The van der Waals surface area contributed by atoms with Gasteiger partial charge in [0.2, 0.25) is 0 Å². The number of aryl methyl sites for hydroxylation is 3. The van der Waals surface area contributed by atoms with Gasteiger partial charge < -0.3 is 10.4 Å². The normalized spacial score (nSPS) is 12.4. The standard InChI is InChI=1S/C22H31NO/c1-6-16-11-15(4)19(18(7-2)12-16)13-17-9-10-22(24)20(14-17)21(8-3)23-5/h9-12,14,21,23-24H,6-8,13H2,1-5H3. The van der Waals surface area contributed by atoms with Gasteiger partial charge in [0.05, 0.1) is 0 Å². The van der Waals surface area contributed by atoms with E-state index in [0.717, 1.165) is 31.2 Å². The second-order valence-corrected chi connectivity index (χ2v) is 6.58. The third kappa shape index (κ3) is 3.99. The smallest absolute Gasteiger partial charge is 0.120 e. The molecule has 0 aliphatic heterocycles. The molecule has 1 unspecified atom stereocenters. The van der Waals surface area contributed by atoms with Gasteiger partial charge in [-0.2, -0.15) is 0 Å². The van der Waals surface area contributed by atoms with Crippen LogP contribution < -0.4 is 5.32 Å². The van der Waals surface area contributed by atoms with E-state index in [1.807, 2.05) is 19.2 Å². The first-order valence-electron chi connectivity index (χ1n) is 9.14. The van der Waals surface area contributed by atoms with Crippen LogP contribution in [0.15, 0.2) is 30.3 Å². The lowest BCUT2D eigenvalue weighted by Gasteiger charge is -2.18. The quantitative estimate of drug-likeness (QED) is 0.743. The molecule has 1 atom stereocenters. The van der Waals surface area contributed by atoms with Crippen molar-refractivity contribution in [3.8, 4) is 5.75 Å². The molecule has 2 aromatic carbocycles. The maximum absolute atomic E-state index is 10.2. The van der Waals surface area contributed by atoms with Crippen molar-refractivity contribution in [3.63, 3.8) is 0 Å². The lowest BCUT2D eigenvalue weighted by atomic mass is 9.90. The zero-order valence-electron chi connectivity index (χ0n) is 15.7. The third-order valence-corrected chi connectivity index (χ3v) is 5.02. The van der Waals surface area contributed by atoms with E-state index >= 15 is 0 Å². The summed E-state index contributed by atoms with van der Waals surface area (Å²) < 4.78 is 0. The van der Waals surface area contributed by atoms with Crippen molar-refractivity contribution in [2.45, 2.75) is 59.4 Å². The summed E-state index contributed by atoms with van der Waals surface area (Å²) in [5.41, 5.74) is 7.94. The summed E-state index contributed by atoms with van der Waals surface area (Å²) in [6, 6.07) is 10.9. The van der Waals surface area contributed by atoms with Gasteiger partial charge in [0, 0.05) is 11.6 Å². The van der Waals surface area contributed by atoms with E-state index < -0.39 is 0 Å². The third-order valence-electron chi connectivity index (χ3n) is 5.02. The molecule has 0 aromatic heterocycles. The molecule has 0 heterocycles. The maximum Gasteiger partial charge on any atom is 0.120 e. The van der Waals surface area contributed by atoms with Crippen LogP contribution in [0, 0.1) is 6.92 Å². The Hall–Kier alpha value is -1.80. The Kier molecular flexibility index (Phi) is 6.44. The Bertz CT molecular complexity index is 687. The van der Waals surface area contributed by atoms with Gasteiger partial charge in [-0.1, -0.05) is 45.0 Å². The molecule has 2 N–H and O–H groups in total. The molecule has 0 aliphatic rings. The summed E-state index contributed by atoms with van der Waals surface area (Å²) in [7, 11) is 1.95. The van der Waals surface area contributed by atoms with Gasteiger partial charge in [-0.25, -0.2) is 0 Å². The van der Waals surface area contributed by atoms with Gasteiger partial charge in [0.25, 0.3) is 0 Å². The van der Waals surface area contributed by atoms with Crippen molar-refractivity contribution in [1.29, 1.82) is 0 Å². The summed E-state index contributed by atoms with van der Waals surface area (Å²) in [5.74, 6) is 0.383. The highest BCUT2D eigenvalue weighted by atomic mass is 16.3. The summed E-state index contributed by atoms with van der Waals surface area (Å²) in [6.07, 6.45) is 4.02. The van der Waals surface area contributed by atoms with E-state index in [4.69, 9.17) is 0 Å². The predicted octanol–water partition coefficient (Wildman–Crippen LogP) is 5.09. The lowest BCUT2D eigenvalue weighted by molar-refractivity contribution is 0.450. The predicted molar refractivity (Wildman–Crippen MR) is 103 cm³/mol. The van der Waals surface area contributed by atoms with Crippen LogP contribution in [0.5, 0.6) is 5.75 Å². The van der Waals surface area contributed by atoms with Crippen molar-refractivity contribution in [2.24, 2.45) is 0 Å². The first-order valence-corrected chi connectivity index (χ1v) is 9.14. The number of hydrogen-bond donors (Lipinski definition) is 2. The van der Waals surface area contributed by atoms with E-state index in [0.29, 0.717) is 5.75 Å². The molecule has 0 aliphatic carbocycles. The molecule has 0 amide bonds. The fourth-order valence-corrected chi connectivity index (χ4v) is 3.52. The molecular weight excluding hydrogens is 294 g/mol. The average molecular weight is 325 g/mol. The van der Waals surface area contributed by atoms with E-state index in [9.17, 15) is 5.11 Å². The number of hydrogen-bond acceptors (Lipinski definition) is 2. The van der Waals surface area contributed by atoms with Crippen LogP contribution in [0.4, 0.5) is 0 Å². The Labute approximate surface area is 146 Å². The topological polar surface area (TPSA) is 32.3 Å². The number of nitrogens with one attached hydrogen (secondary N) is 1. The average Bonchev–Trinajstić information content (AvgIpc) is 2.59. The lowest BCUT2D eigenvalue weighted by Crippen LogP contribution is -2.15. The highest BCUT2D eigenvalue weighted by Gasteiger charge is 2.14. The monoisotopic (exact) mass is 325 g/mol. The molecular formula is C22H31NO. The molecule has 0 bridgehead atoms. The molecule has 24 heavy (non-hydrogen) atoms. The van der Waals surface area contributed by atoms with Crippen LogP contribution >= 0.6 is 0 Å². The van der Waals surface area contributed by atoms with Crippen LogP contribution in [0.1, 0.15) is 66.6 Å². The van der Waals surface area contributed by atoms with Crippen LogP contribution in [0.2, 0.25) is 0 Å². The molecule has 2 rings (SSSR count). The summed E-state index contributed by atoms with van der Waals surface area (Å²) in [6.45, 7) is 8.80.